The number of nitrogens with one attached hydrogen (secondary N) is 1. The Morgan fingerprint density at radius 3 is 2.78 bits per heavy atom. The van der Waals surface area contributed by atoms with Crippen molar-refractivity contribution in [3.63, 3.8) is 0 Å². The van der Waals surface area contributed by atoms with E-state index in [1.54, 1.807) is 0 Å². The second-order valence-electron chi connectivity index (χ2n) is 4.48. The molecule has 1 aromatic rings. The molecule has 1 aromatic carbocycles. The van der Waals surface area contributed by atoms with E-state index in [4.69, 9.17) is 16.3 Å². The number of carbonyl (C=O) groups is 1. The van der Waals surface area contributed by atoms with Crippen LogP contribution in [0.1, 0.15) is 30.9 Å². The summed E-state index contributed by atoms with van der Waals surface area (Å²) in [5.41, 5.74) is 1.02. The second kappa shape index (κ2) is 6.76. The van der Waals surface area contributed by atoms with Crippen LogP contribution in [0.15, 0.2) is 30.3 Å². The van der Waals surface area contributed by atoms with E-state index in [2.05, 4.69) is 5.32 Å². The summed E-state index contributed by atoms with van der Waals surface area (Å²) in [6.45, 7) is 0.676. The highest BCUT2D eigenvalue weighted by Crippen LogP contribution is 2.17. The van der Waals surface area contributed by atoms with Crippen molar-refractivity contribution in [1.29, 1.82) is 0 Å². The zero-order valence-corrected chi connectivity index (χ0v) is 11.0. The fourth-order valence-electron chi connectivity index (χ4n) is 2.11. The van der Waals surface area contributed by atoms with Crippen molar-refractivity contribution in [2.75, 3.05) is 12.5 Å². The van der Waals surface area contributed by atoms with E-state index in [1.165, 1.54) is 0 Å². The van der Waals surface area contributed by atoms with Crippen LogP contribution in [0, 0.1) is 0 Å². The van der Waals surface area contributed by atoms with E-state index in [0.29, 0.717) is 12.5 Å². The SMILES string of the molecule is O=C(NC(CCl)c1ccccc1)C1CCCCO1. The Morgan fingerprint density at radius 1 is 1.39 bits per heavy atom. The van der Waals surface area contributed by atoms with Gasteiger partial charge in [-0.05, 0) is 24.8 Å². The molecule has 4 heteroatoms. The summed E-state index contributed by atoms with van der Waals surface area (Å²) in [6, 6.07) is 9.62. The van der Waals surface area contributed by atoms with E-state index in [-0.39, 0.29) is 18.1 Å². The van der Waals surface area contributed by atoms with Gasteiger partial charge in [-0.3, -0.25) is 4.79 Å². The van der Waals surface area contributed by atoms with Crippen LogP contribution in [0.4, 0.5) is 0 Å². The van der Waals surface area contributed by atoms with E-state index in [0.717, 1.165) is 24.8 Å². The maximum absolute atomic E-state index is 12.0. The maximum atomic E-state index is 12.0. The number of ether oxygens (including phenoxy) is 1. The third-order valence-corrected chi connectivity index (χ3v) is 3.45. The molecule has 0 radical (unpaired) electrons. The first-order chi connectivity index (χ1) is 8.81. The minimum absolute atomic E-state index is 0.0517. The number of hydrogen-bond acceptors (Lipinski definition) is 2. The standard InChI is InChI=1S/C14H18ClNO2/c15-10-12(11-6-2-1-3-7-11)16-14(17)13-8-4-5-9-18-13/h1-3,6-7,12-13H,4-5,8-10H2,(H,16,17). The number of alkyl halides is 1. The third-order valence-electron chi connectivity index (χ3n) is 3.14. The van der Waals surface area contributed by atoms with Gasteiger partial charge in [0.25, 0.3) is 0 Å². The molecule has 0 saturated carbocycles. The molecule has 2 unspecified atom stereocenters. The zero-order valence-electron chi connectivity index (χ0n) is 10.3. The lowest BCUT2D eigenvalue weighted by Crippen LogP contribution is -2.40. The molecule has 1 saturated heterocycles. The number of amides is 1. The van der Waals surface area contributed by atoms with Crippen LogP contribution < -0.4 is 5.32 Å². The molecule has 2 rings (SSSR count). The Kier molecular flexibility index (Phi) is 5.02. The van der Waals surface area contributed by atoms with Crippen molar-refractivity contribution in [3.8, 4) is 0 Å². The van der Waals surface area contributed by atoms with Gasteiger partial charge >= 0.3 is 0 Å². The highest BCUT2D eigenvalue weighted by atomic mass is 35.5. The average molecular weight is 268 g/mol. The summed E-state index contributed by atoms with van der Waals surface area (Å²) in [7, 11) is 0. The molecule has 2 atom stereocenters. The van der Waals surface area contributed by atoms with Crippen molar-refractivity contribution >= 4 is 17.5 Å². The average Bonchev–Trinajstić information content (AvgIpc) is 2.46. The van der Waals surface area contributed by atoms with E-state index >= 15 is 0 Å². The van der Waals surface area contributed by atoms with Crippen molar-refractivity contribution in [2.24, 2.45) is 0 Å². The first-order valence-electron chi connectivity index (χ1n) is 6.34. The summed E-state index contributed by atoms with van der Waals surface area (Å²) < 4.78 is 5.47. The van der Waals surface area contributed by atoms with Gasteiger partial charge in [0.15, 0.2) is 0 Å². The third kappa shape index (κ3) is 3.47. The first kappa shape index (κ1) is 13.4. The molecule has 1 fully saturated rings. The van der Waals surface area contributed by atoms with E-state index < -0.39 is 0 Å². The summed E-state index contributed by atoms with van der Waals surface area (Å²) in [5.74, 6) is 0.312. The molecule has 0 aromatic heterocycles. The molecule has 98 valence electrons. The van der Waals surface area contributed by atoms with Crippen LogP contribution in [-0.4, -0.2) is 24.5 Å². The Hall–Kier alpha value is -1.06. The Balaban J connectivity index is 1.95. The molecule has 3 nitrogen and oxygen atoms in total. The lowest BCUT2D eigenvalue weighted by molar-refractivity contribution is -0.136. The Labute approximate surface area is 112 Å². The molecule has 1 N–H and O–H groups in total. The van der Waals surface area contributed by atoms with E-state index in [1.807, 2.05) is 30.3 Å². The molecule has 1 aliphatic heterocycles. The van der Waals surface area contributed by atoms with Crippen molar-refractivity contribution in [2.45, 2.75) is 31.4 Å². The van der Waals surface area contributed by atoms with Gasteiger partial charge in [0.2, 0.25) is 5.91 Å². The fourth-order valence-corrected chi connectivity index (χ4v) is 2.36. The quantitative estimate of drug-likeness (QED) is 0.852. The van der Waals surface area contributed by atoms with Gasteiger partial charge in [-0.15, -0.1) is 11.6 Å². The lowest BCUT2D eigenvalue weighted by atomic mass is 10.1. The molecule has 1 heterocycles. The summed E-state index contributed by atoms with van der Waals surface area (Å²) in [6.07, 6.45) is 2.58. The van der Waals surface area contributed by atoms with Crippen LogP contribution in [0.25, 0.3) is 0 Å². The molecular formula is C14H18ClNO2. The largest absolute Gasteiger partial charge is 0.368 e. The fraction of sp³-hybridized carbons (Fsp3) is 0.500. The number of rotatable bonds is 4. The van der Waals surface area contributed by atoms with Crippen molar-refractivity contribution in [3.05, 3.63) is 35.9 Å². The monoisotopic (exact) mass is 267 g/mol. The van der Waals surface area contributed by atoms with Crippen LogP contribution in [-0.2, 0) is 9.53 Å². The van der Waals surface area contributed by atoms with Crippen molar-refractivity contribution in [1.82, 2.24) is 5.32 Å². The lowest BCUT2D eigenvalue weighted by Gasteiger charge is -2.24. The van der Waals surface area contributed by atoms with Crippen LogP contribution >= 0.6 is 11.6 Å². The van der Waals surface area contributed by atoms with Crippen molar-refractivity contribution < 1.29 is 9.53 Å². The summed E-state index contributed by atoms with van der Waals surface area (Å²) >= 11 is 5.93. The minimum Gasteiger partial charge on any atom is -0.368 e. The van der Waals surface area contributed by atoms with Gasteiger partial charge in [-0.2, -0.15) is 0 Å². The maximum Gasteiger partial charge on any atom is 0.249 e. The highest BCUT2D eigenvalue weighted by Gasteiger charge is 2.24. The number of hydrogen-bond donors (Lipinski definition) is 1. The Bertz CT molecular complexity index is 377. The molecule has 1 aliphatic rings. The molecule has 18 heavy (non-hydrogen) atoms. The van der Waals surface area contributed by atoms with Crippen LogP contribution in [0.5, 0.6) is 0 Å². The van der Waals surface area contributed by atoms with Gasteiger partial charge in [0.1, 0.15) is 6.10 Å². The van der Waals surface area contributed by atoms with Gasteiger partial charge in [-0.25, -0.2) is 0 Å². The second-order valence-corrected chi connectivity index (χ2v) is 4.79. The number of halogens is 1. The summed E-state index contributed by atoms with van der Waals surface area (Å²) in [5, 5.41) is 2.96. The predicted octanol–water partition coefficient (Wildman–Crippen LogP) is 2.65. The van der Waals surface area contributed by atoms with Gasteiger partial charge in [0, 0.05) is 12.5 Å². The molecular weight excluding hydrogens is 250 g/mol. The smallest absolute Gasteiger partial charge is 0.249 e. The van der Waals surface area contributed by atoms with Crippen LogP contribution in [0.2, 0.25) is 0 Å². The normalized spacial score (nSPS) is 21.3. The Morgan fingerprint density at radius 2 is 2.17 bits per heavy atom. The highest BCUT2D eigenvalue weighted by molar-refractivity contribution is 6.18. The number of benzene rings is 1. The molecule has 1 amide bonds. The van der Waals surface area contributed by atoms with Gasteiger partial charge in [0.05, 0.1) is 6.04 Å². The zero-order chi connectivity index (χ0) is 12.8. The minimum atomic E-state index is -0.312. The van der Waals surface area contributed by atoms with Gasteiger partial charge < -0.3 is 10.1 Å². The molecule has 0 spiro atoms. The topological polar surface area (TPSA) is 38.3 Å². The summed E-state index contributed by atoms with van der Waals surface area (Å²) in [4.78, 5) is 12.0. The number of carbonyl (C=O) groups excluding carboxylic acids is 1. The molecule has 0 bridgehead atoms. The first-order valence-corrected chi connectivity index (χ1v) is 6.87. The van der Waals surface area contributed by atoms with E-state index in [9.17, 15) is 4.79 Å². The predicted molar refractivity (Wildman–Crippen MR) is 71.6 cm³/mol. The van der Waals surface area contributed by atoms with Gasteiger partial charge in [-0.1, -0.05) is 30.3 Å². The van der Waals surface area contributed by atoms with Crippen LogP contribution in [0.3, 0.4) is 0 Å². The molecule has 0 aliphatic carbocycles.